The molecule has 0 heterocycles. The van der Waals surface area contributed by atoms with Crippen molar-refractivity contribution in [2.75, 3.05) is 0 Å². The average molecular weight is 383 g/mol. The predicted octanol–water partition coefficient (Wildman–Crippen LogP) is 8.45. The lowest BCUT2D eigenvalue weighted by molar-refractivity contribution is 0.261. The zero-order chi connectivity index (χ0) is 20.6. The van der Waals surface area contributed by atoms with Crippen LogP contribution in [0, 0.1) is 5.41 Å². The molecule has 2 aliphatic carbocycles. The highest BCUT2D eigenvalue weighted by molar-refractivity contribution is 5.90. The second-order valence-corrected chi connectivity index (χ2v) is 9.35. The lowest BCUT2D eigenvalue weighted by Gasteiger charge is -2.38. The number of fused-ring (bicyclic) bond motifs is 1. The average Bonchev–Trinajstić information content (AvgIpc) is 3.23. The van der Waals surface area contributed by atoms with E-state index >= 15 is 0 Å². The van der Waals surface area contributed by atoms with Crippen LogP contribution in [0.25, 0.3) is 16.7 Å². The van der Waals surface area contributed by atoms with Gasteiger partial charge in [0.25, 0.3) is 0 Å². The molecule has 2 aromatic carbocycles. The van der Waals surface area contributed by atoms with Crippen LogP contribution < -0.4 is 0 Å². The molecule has 0 unspecified atom stereocenters. The van der Waals surface area contributed by atoms with E-state index in [9.17, 15) is 0 Å². The Morgan fingerprint density at radius 3 is 2.28 bits per heavy atom. The number of benzene rings is 2. The third-order valence-electron chi connectivity index (χ3n) is 7.30. The minimum Gasteiger partial charge on any atom is -0.0952 e. The van der Waals surface area contributed by atoms with Gasteiger partial charge < -0.3 is 0 Å². The highest BCUT2D eigenvalue weighted by Crippen LogP contribution is 2.46. The summed E-state index contributed by atoms with van der Waals surface area (Å²) in [6.45, 7) is 13.6. The lowest BCUT2D eigenvalue weighted by Crippen LogP contribution is -2.26. The molecule has 2 aliphatic rings. The van der Waals surface area contributed by atoms with Gasteiger partial charge in [0, 0.05) is 0 Å². The first-order chi connectivity index (χ1) is 13.9. The van der Waals surface area contributed by atoms with Crippen LogP contribution in [0.15, 0.2) is 61.2 Å². The van der Waals surface area contributed by atoms with Gasteiger partial charge >= 0.3 is 0 Å². The van der Waals surface area contributed by atoms with Crippen LogP contribution >= 0.6 is 0 Å². The molecule has 0 saturated heterocycles. The molecule has 0 spiro atoms. The molecule has 0 aliphatic heterocycles. The third-order valence-corrected chi connectivity index (χ3v) is 7.30. The highest BCUT2D eigenvalue weighted by Gasteiger charge is 2.33. The molecule has 0 heteroatoms. The summed E-state index contributed by atoms with van der Waals surface area (Å²) in [6.07, 6.45) is 10.6. The summed E-state index contributed by atoms with van der Waals surface area (Å²) in [5.74, 6) is 0.579. The van der Waals surface area contributed by atoms with Gasteiger partial charge in [-0.05, 0) is 94.0 Å². The predicted molar refractivity (Wildman–Crippen MR) is 128 cm³/mol. The Kier molecular flexibility index (Phi) is 5.38. The van der Waals surface area contributed by atoms with E-state index in [1.165, 1.54) is 63.8 Å². The lowest BCUT2D eigenvalue weighted by atomic mass is 9.66. The van der Waals surface area contributed by atoms with Gasteiger partial charge in [0.15, 0.2) is 0 Å². The Morgan fingerprint density at radius 1 is 0.931 bits per heavy atom. The number of allylic oxidation sites excluding steroid dienone is 5. The van der Waals surface area contributed by atoms with E-state index in [1.54, 1.807) is 0 Å². The van der Waals surface area contributed by atoms with Gasteiger partial charge in [-0.1, -0.05) is 82.8 Å². The van der Waals surface area contributed by atoms with Crippen LogP contribution in [0.3, 0.4) is 0 Å². The molecule has 0 saturated carbocycles. The Hall–Kier alpha value is -2.34. The molecule has 0 N–H and O–H groups in total. The Labute approximate surface area is 177 Å². The van der Waals surface area contributed by atoms with Crippen molar-refractivity contribution in [3.05, 3.63) is 89.0 Å². The van der Waals surface area contributed by atoms with Crippen LogP contribution in [0.4, 0.5) is 0 Å². The summed E-state index contributed by atoms with van der Waals surface area (Å²) < 4.78 is 0. The fraction of sp³-hybridized carbons (Fsp3) is 0.379. The Bertz CT molecular complexity index is 975. The highest BCUT2D eigenvalue weighted by atomic mass is 14.4. The summed E-state index contributed by atoms with van der Waals surface area (Å²) in [5.41, 5.74) is 11.5. The topological polar surface area (TPSA) is 0 Å². The van der Waals surface area contributed by atoms with Crippen molar-refractivity contribution in [1.82, 2.24) is 0 Å². The molecule has 0 fully saturated rings. The summed E-state index contributed by atoms with van der Waals surface area (Å²) in [6, 6.07) is 16.2. The van der Waals surface area contributed by atoms with Gasteiger partial charge in [-0.2, -0.15) is 0 Å². The molecule has 0 bridgehead atoms. The zero-order valence-electron chi connectivity index (χ0n) is 18.5. The minimum atomic E-state index is 0.412. The van der Waals surface area contributed by atoms with Crippen molar-refractivity contribution in [2.45, 2.75) is 65.7 Å². The smallest absolute Gasteiger partial charge is 0.00821 e. The molecular formula is C29H34. The quantitative estimate of drug-likeness (QED) is 0.486. The second-order valence-electron chi connectivity index (χ2n) is 9.35. The molecule has 150 valence electrons. The summed E-state index contributed by atoms with van der Waals surface area (Å²) >= 11 is 0. The summed E-state index contributed by atoms with van der Waals surface area (Å²) in [4.78, 5) is 0. The van der Waals surface area contributed by atoms with E-state index in [1.807, 2.05) is 0 Å². The fourth-order valence-electron chi connectivity index (χ4n) is 5.01. The van der Waals surface area contributed by atoms with E-state index in [-0.39, 0.29) is 0 Å². The van der Waals surface area contributed by atoms with Gasteiger partial charge in [-0.3, -0.25) is 0 Å². The maximum atomic E-state index is 4.47. The standard InChI is InChI=1S/C29H34/c1-6-29(7-2)18-21(5)28-17-26(14-15-27(28)19-29)25-13-12-24(16-25)23-10-8-22(9-11-23)20(3)4/h8-12,14-17,20H,5-7,13,18-19H2,1-4H3. The van der Waals surface area contributed by atoms with E-state index in [2.05, 4.69) is 88.9 Å². The van der Waals surface area contributed by atoms with Crippen molar-refractivity contribution in [2.24, 2.45) is 5.41 Å². The van der Waals surface area contributed by atoms with Crippen molar-refractivity contribution >= 4 is 16.7 Å². The normalized spacial score (nSPS) is 17.9. The van der Waals surface area contributed by atoms with Crippen LogP contribution in [-0.4, -0.2) is 0 Å². The van der Waals surface area contributed by atoms with Gasteiger partial charge in [-0.15, -0.1) is 0 Å². The van der Waals surface area contributed by atoms with Crippen LogP contribution in [-0.2, 0) is 6.42 Å². The Balaban J connectivity index is 1.59. The van der Waals surface area contributed by atoms with Crippen molar-refractivity contribution in [3.8, 4) is 0 Å². The maximum Gasteiger partial charge on any atom is -0.00821 e. The Morgan fingerprint density at radius 2 is 1.62 bits per heavy atom. The first-order valence-electron chi connectivity index (χ1n) is 11.3. The molecule has 0 radical (unpaired) electrons. The molecule has 0 atom stereocenters. The van der Waals surface area contributed by atoms with E-state index in [0.29, 0.717) is 11.3 Å². The first-order valence-corrected chi connectivity index (χ1v) is 11.3. The molecule has 2 aromatic rings. The minimum absolute atomic E-state index is 0.412. The SMILES string of the molecule is C=C1CC(CC)(CC)Cc2ccc(C3=CC(c4ccc(C(C)C)cc4)=CC3)cc21. The van der Waals surface area contributed by atoms with E-state index in [4.69, 9.17) is 0 Å². The van der Waals surface area contributed by atoms with Crippen molar-refractivity contribution < 1.29 is 0 Å². The largest absolute Gasteiger partial charge is 0.0952 e. The molecule has 0 aromatic heterocycles. The van der Waals surface area contributed by atoms with E-state index in [0.717, 1.165) is 12.8 Å². The number of rotatable bonds is 5. The number of hydrogen-bond donors (Lipinski definition) is 0. The number of hydrogen-bond acceptors (Lipinski definition) is 0. The summed E-state index contributed by atoms with van der Waals surface area (Å²) in [7, 11) is 0. The van der Waals surface area contributed by atoms with Crippen LogP contribution in [0.2, 0.25) is 0 Å². The molecule has 4 rings (SSSR count). The van der Waals surface area contributed by atoms with Crippen molar-refractivity contribution in [1.29, 1.82) is 0 Å². The van der Waals surface area contributed by atoms with E-state index < -0.39 is 0 Å². The van der Waals surface area contributed by atoms with Gasteiger partial charge in [0.1, 0.15) is 0 Å². The monoisotopic (exact) mass is 382 g/mol. The first kappa shape index (κ1) is 20.0. The van der Waals surface area contributed by atoms with Gasteiger partial charge in [-0.25, -0.2) is 0 Å². The van der Waals surface area contributed by atoms with Gasteiger partial charge in [0.2, 0.25) is 0 Å². The molecule has 0 amide bonds. The second kappa shape index (κ2) is 7.82. The van der Waals surface area contributed by atoms with Crippen LogP contribution in [0.1, 0.15) is 87.1 Å². The van der Waals surface area contributed by atoms with Crippen LogP contribution in [0.5, 0.6) is 0 Å². The summed E-state index contributed by atoms with van der Waals surface area (Å²) in [5, 5.41) is 0. The fourth-order valence-corrected chi connectivity index (χ4v) is 5.01. The molecular weight excluding hydrogens is 348 g/mol. The zero-order valence-corrected chi connectivity index (χ0v) is 18.5. The van der Waals surface area contributed by atoms with Gasteiger partial charge in [0.05, 0.1) is 0 Å². The molecule has 0 nitrogen and oxygen atoms in total. The van der Waals surface area contributed by atoms with Crippen molar-refractivity contribution in [3.63, 3.8) is 0 Å². The maximum absolute atomic E-state index is 4.47. The third kappa shape index (κ3) is 3.78. The molecule has 29 heavy (non-hydrogen) atoms.